The smallest absolute Gasteiger partial charge is 0.232 e. The summed E-state index contributed by atoms with van der Waals surface area (Å²) in [5.41, 5.74) is 2.38. The molecule has 25 heavy (non-hydrogen) atoms. The Morgan fingerprint density at radius 1 is 0.840 bits per heavy atom. The molecule has 0 bridgehead atoms. The molecule has 1 heterocycles. The van der Waals surface area contributed by atoms with E-state index in [1.54, 1.807) is 31.2 Å². The van der Waals surface area contributed by atoms with Crippen molar-refractivity contribution >= 4 is 23.3 Å². The van der Waals surface area contributed by atoms with E-state index in [0.717, 1.165) is 11.3 Å². The fraction of sp³-hybridized carbons (Fsp3) is 0.143. The highest BCUT2D eigenvalue weighted by molar-refractivity contribution is 7.93. The van der Waals surface area contributed by atoms with Crippen LogP contribution in [0.3, 0.4) is 0 Å². The zero-order valence-electron chi connectivity index (χ0n) is 14.6. The number of rotatable bonds is 4. The van der Waals surface area contributed by atoms with Gasteiger partial charge < -0.3 is 4.57 Å². The maximum atomic E-state index is 14.1. The van der Waals surface area contributed by atoms with Gasteiger partial charge in [0.05, 0.1) is 5.56 Å². The summed E-state index contributed by atoms with van der Waals surface area (Å²) in [5, 5.41) is 1.09. The standard InChI is InChI=1S/C21H20NO2P/c1-15-14-16(2)22-17(3)20(15)21(23)25(24,18-10-6-4-7-11-18)19-12-8-5-9-13-19/h4-14H,1-3H3. The normalized spacial score (nSPS) is 11.3. The molecule has 3 rings (SSSR count). The molecule has 0 spiro atoms. The average Bonchev–Trinajstić information content (AvgIpc) is 2.61. The summed E-state index contributed by atoms with van der Waals surface area (Å²) in [4.78, 5) is 17.9. The average molecular weight is 349 g/mol. The minimum atomic E-state index is -3.48. The van der Waals surface area contributed by atoms with Crippen LogP contribution in [0, 0.1) is 20.8 Å². The Morgan fingerprint density at radius 2 is 1.32 bits per heavy atom. The Balaban J connectivity index is 2.27. The molecule has 0 aliphatic heterocycles. The molecule has 3 nitrogen and oxygen atoms in total. The van der Waals surface area contributed by atoms with Gasteiger partial charge in [-0.25, -0.2) is 0 Å². The number of nitrogens with zero attached hydrogens (tertiary/aromatic N) is 1. The second-order valence-electron chi connectivity index (χ2n) is 6.13. The molecule has 0 aliphatic carbocycles. The molecule has 126 valence electrons. The lowest BCUT2D eigenvalue weighted by molar-refractivity contribution is 0.107. The van der Waals surface area contributed by atoms with Crippen LogP contribution in [0.1, 0.15) is 27.3 Å². The number of hydrogen-bond donors (Lipinski definition) is 0. The van der Waals surface area contributed by atoms with Gasteiger partial charge in [0, 0.05) is 22.0 Å². The van der Waals surface area contributed by atoms with Crippen LogP contribution in [-0.2, 0) is 4.57 Å². The van der Waals surface area contributed by atoms with Crippen molar-refractivity contribution < 1.29 is 9.36 Å². The van der Waals surface area contributed by atoms with Crippen molar-refractivity contribution in [3.8, 4) is 0 Å². The summed E-state index contributed by atoms with van der Waals surface area (Å²) in [6.45, 7) is 5.56. The molecule has 0 radical (unpaired) electrons. The van der Waals surface area contributed by atoms with Gasteiger partial charge in [-0.15, -0.1) is 0 Å². The lowest BCUT2D eigenvalue weighted by Gasteiger charge is -2.20. The lowest BCUT2D eigenvalue weighted by atomic mass is 10.1. The summed E-state index contributed by atoms with van der Waals surface area (Å²) >= 11 is 0. The summed E-state index contributed by atoms with van der Waals surface area (Å²) in [6.07, 6.45) is 0. The monoisotopic (exact) mass is 349 g/mol. The van der Waals surface area contributed by atoms with E-state index >= 15 is 0 Å². The largest absolute Gasteiger partial charge is 0.305 e. The summed E-state index contributed by atoms with van der Waals surface area (Å²) in [5.74, 6) is 0. The van der Waals surface area contributed by atoms with E-state index in [4.69, 9.17) is 0 Å². The predicted molar refractivity (Wildman–Crippen MR) is 103 cm³/mol. The first-order valence-corrected chi connectivity index (χ1v) is 9.86. The fourth-order valence-electron chi connectivity index (χ4n) is 3.16. The number of carbonyl (C=O) groups excluding carboxylic acids is 1. The first kappa shape index (κ1) is 17.3. The van der Waals surface area contributed by atoms with Crippen molar-refractivity contribution in [1.29, 1.82) is 0 Å². The van der Waals surface area contributed by atoms with Gasteiger partial charge in [-0.2, -0.15) is 0 Å². The number of aromatic nitrogens is 1. The minimum Gasteiger partial charge on any atom is -0.305 e. The molecule has 0 fully saturated rings. The molecule has 0 atom stereocenters. The highest BCUT2D eigenvalue weighted by Gasteiger charge is 2.38. The Bertz CT molecular complexity index is 899. The van der Waals surface area contributed by atoms with Crippen LogP contribution in [0.4, 0.5) is 0 Å². The third-order valence-corrected chi connectivity index (χ3v) is 7.11. The Kier molecular flexibility index (Phi) is 4.69. The maximum Gasteiger partial charge on any atom is 0.232 e. The Morgan fingerprint density at radius 3 is 1.76 bits per heavy atom. The van der Waals surface area contributed by atoms with Crippen LogP contribution in [0.2, 0.25) is 0 Å². The summed E-state index contributed by atoms with van der Waals surface area (Å²) < 4.78 is 14.1. The van der Waals surface area contributed by atoms with E-state index in [2.05, 4.69) is 4.98 Å². The molecule has 1 aromatic heterocycles. The highest BCUT2D eigenvalue weighted by atomic mass is 31.2. The van der Waals surface area contributed by atoms with E-state index in [1.807, 2.05) is 56.3 Å². The molecule has 0 aliphatic rings. The number of hydrogen-bond acceptors (Lipinski definition) is 3. The maximum absolute atomic E-state index is 14.1. The van der Waals surface area contributed by atoms with Gasteiger partial charge in [-0.3, -0.25) is 9.78 Å². The van der Waals surface area contributed by atoms with Gasteiger partial charge in [0.15, 0.2) is 0 Å². The van der Waals surface area contributed by atoms with Gasteiger partial charge in [0.2, 0.25) is 12.7 Å². The van der Waals surface area contributed by atoms with E-state index in [1.165, 1.54) is 0 Å². The van der Waals surface area contributed by atoms with Gasteiger partial charge in [0.25, 0.3) is 0 Å². The molecule has 2 aromatic carbocycles. The van der Waals surface area contributed by atoms with Gasteiger partial charge >= 0.3 is 0 Å². The van der Waals surface area contributed by atoms with Gasteiger partial charge in [0.1, 0.15) is 0 Å². The van der Waals surface area contributed by atoms with E-state index < -0.39 is 7.14 Å². The first-order chi connectivity index (χ1) is 11.9. The first-order valence-electron chi connectivity index (χ1n) is 8.15. The molecular weight excluding hydrogens is 329 g/mol. The Hall–Kier alpha value is -2.51. The third kappa shape index (κ3) is 3.08. The van der Waals surface area contributed by atoms with Crippen LogP contribution in [0.15, 0.2) is 66.7 Å². The zero-order chi connectivity index (χ0) is 18.0. The fourth-order valence-corrected chi connectivity index (χ4v) is 5.77. The second kappa shape index (κ2) is 6.78. The SMILES string of the molecule is Cc1cc(C)c(C(=O)P(=O)(c2ccccc2)c2ccccc2)c(C)n1. The Labute approximate surface area is 148 Å². The summed E-state index contributed by atoms with van der Waals surface area (Å²) in [6, 6.07) is 19.9. The second-order valence-corrected chi connectivity index (χ2v) is 8.78. The molecule has 0 N–H and O–H groups in total. The number of carbonyl (C=O) groups is 1. The van der Waals surface area contributed by atoms with Crippen LogP contribution in [-0.4, -0.2) is 10.5 Å². The number of pyridine rings is 1. The van der Waals surface area contributed by atoms with Crippen molar-refractivity contribution in [3.63, 3.8) is 0 Å². The van der Waals surface area contributed by atoms with Crippen LogP contribution in [0.5, 0.6) is 0 Å². The number of aryl methyl sites for hydroxylation is 3. The van der Waals surface area contributed by atoms with Crippen LogP contribution in [0.25, 0.3) is 0 Å². The molecule has 0 saturated carbocycles. The van der Waals surface area contributed by atoms with Gasteiger partial charge in [-0.1, -0.05) is 60.7 Å². The summed E-state index contributed by atoms with van der Waals surface area (Å²) in [7, 11) is -3.48. The van der Waals surface area contributed by atoms with Crippen molar-refractivity contribution in [2.75, 3.05) is 0 Å². The van der Waals surface area contributed by atoms with Gasteiger partial charge in [-0.05, 0) is 32.4 Å². The van der Waals surface area contributed by atoms with E-state index in [9.17, 15) is 9.36 Å². The van der Waals surface area contributed by atoms with E-state index in [0.29, 0.717) is 21.9 Å². The molecule has 3 aromatic rings. The van der Waals surface area contributed by atoms with Crippen molar-refractivity contribution in [2.45, 2.75) is 20.8 Å². The quantitative estimate of drug-likeness (QED) is 0.665. The molecule has 0 saturated heterocycles. The highest BCUT2D eigenvalue weighted by Crippen LogP contribution is 2.47. The van der Waals surface area contributed by atoms with Crippen molar-refractivity contribution in [3.05, 3.63) is 89.2 Å². The predicted octanol–water partition coefficient (Wildman–Crippen LogP) is 4.16. The lowest BCUT2D eigenvalue weighted by Crippen LogP contribution is -2.24. The molecular formula is C21H20NO2P. The third-order valence-electron chi connectivity index (χ3n) is 4.27. The van der Waals surface area contributed by atoms with Crippen molar-refractivity contribution in [1.82, 2.24) is 4.98 Å². The van der Waals surface area contributed by atoms with E-state index in [-0.39, 0.29) is 5.52 Å². The molecule has 4 heteroatoms. The zero-order valence-corrected chi connectivity index (χ0v) is 15.5. The topological polar surface area (TPSA) is 47.0 Å². The molecule has 0 unspecified atom stereocenters. The molecule has 0 amide bonds. The number of benzene rings is 2. The minimum absolute atomic E-state index is 0.354. The van der Waals surface area contributed by atoms with Crippen LogP contribution >= 0.6 is 7.14 Å². The van der Waals surface area contributed by atoms with Crippen LogP contribution < -0.4 is 10.6 Å². The van der Waals surface area contributed by atoms with Crippen molar-refractivity contribution in [2.24, 2.45) is 0 Å².